The van der Waals surface area contributed by atoms with Crippen molar-refractivity contribution in [1.29, 1.82) is 0 Å². The third kappa shape index (κ3) is 4.27. The van der Waals surface area contributed by atoms with Crippen molar-refractivity contribution in [1.82, 2.24) is 0 Å². The maximum Gasteiger partial charge on any atom is 0.135 e. The van der Waals surface area contributed by atoms with Crippen LogP contribution in [0.1, 0.15) is 0 Å². The molecule has 0 N–H and O–H groups in total. The first-order valence-corrected chi connectivity index (χ1v) is 15.7. The van der Waals surface area contributed by atoms with Gasteiger partial charge in [-0.2, -0.15) is 0 Å². The minimum atomic E-state index is 0.892. The summed E-state index contributed by atoms with van der Waals surface area (Å²) in [6, 6.07) is 62.8. The van der Waals surface area contributed by atoms with E-state index in [0.717, 1.165) is 56.0 Å². The molecule has 216 valence electrons. The van der Waals surface area contributed by atoms with Gasteiger partial charge in [-0.15, -0.1) is 0 Å². The van der Waals surface area contributed by atoms with E-state index in [1.165, 1.54) is 27.5 Å². The van der Waals surface area contributed by atoms with Gasteiger partial charge in [0.25, 0.3) is 0 Å². The molecule has 0 atom stereocenters. The molecule has 0 amide bonds. The van der Waals surface area contributed by atoms with E-state index in [4.69, 9.17) is 4.74 Å². The van der Waals surface area contributed by atoms with Gasteiger partial charge in [-0.1, -0.05) is 127 Å². The van der Waals surface area contributed by atoms with E-state index in [1.54, 1.807) is 0 Å². The van der Waals surface area contributed by atoms with Crippen LogP contribution >= 0.6 is 0 Å². The van der Waals surface area contributed by atoms with Crippen LogP contribution < -0.4 is 9.64 Å². The molecule has 0 fully saturated rings. The molecule has 0 radical (unpaired) electrons. The van der Waals surface area contributed by atoms with Gasteiger partial charge in [0.05, 0.1) is 11.4 Å². The number of hydrogen-bond acceptors (Lipinski definition) is 2. The van der Waals surface area contributed by atoms with Gasteiger partial charge >= 0.3 is 0 Å². The van der Waals surface area contributed by atoms with Crippen LogP contribution in [-0.2, 0) is 0 Å². The van der Waals surface area contributed by atoms with Crippen LogP contribution in [0.25, 0.3) is 54.9 Å². The van der Waals surface area contributed by atoms with Crippen LogP contribution in [0.3, 0.4) is 0 Å². The Morgan fingerprint density at radius 1 is 0.370 bits per heavy atom. The SMILES string of the molecule is c1ccc(N(c2ccccc2-c2cc3c4c(cccc4c2)Oc2ccccc2-3)c2ccccc2-c2cccc3ccccc23)cc1. The van der Waals surface area contributed by atoms with E-state index < -0.39 is 0 Å². The Labute approximate surface area is 268 Å². The lowest BCUT2D eigenvalue weighted by Crippen LogP contribution is -2.12. The lowest BCUT2D eigenvalue weighted by molar-refractivity contribution is 0.487. The first-order chi connectivity index (χ1) is 22.8. The number of rotatable bonds is 5. The monoisotopic (exact) mass is 587 g/mol. The highest BCUT2D eigenvalue weighted by molar-refractivity contribution is 6.08. The van der Waals surface area contributed by atoms with E-state index >= 15 is 0 Å². The van der Waals surface area contributed by atoms with Gasteiger partial charge in [0.2, 0.25) is 0 Å². The second-order valence-electron chi connectivity index (χ2n) is 11.7. The predicted molar refractivity (Wildman–Crippen MR) is 193 cm³/mol. The summed E-state index contributed by atoms with van der Waals surface area (Å²) in [6.45, 7) is 0. The number of fused-ring (bicyclic) bond motifs is 3. The fourth-order valence-corrected chi connectivity index (χ4v) is 7.00. The molecule has 0 saturated carbocycles. The number of anilines is 3. The summed E-state index contributed by atoms with van der Waals surface area (Å²) in [5, 5.41) is 4.79. The molecule has 0 aromatic heterocycles. The minimum absolute atomic E-state index is 0.892. The third-order valence-corrected chi connectivity index (χ3v) is 9.03. The van der Waals surface area contributed by atoms with Crippen LogP contribution in [-0.4, -0.2) is 0 Å². The van der Waals surface area contributed by atoms with Crippen LogP contribution in [0.4, 0.5) is 17.1 Å². The molecule has 9 rings (SSSR count). The number of para-hydroxylation sites is 4. The van der Waals surface area contributed by atoms with Crippen molar-refractivity contribution < 1.29 is 4.74 Å². The van der Waals surface area contributed by atoms with Gasteiger partial charge in [-0.05, 0) is 81.4 Å². The molecule has 0 spiro atoms. The maximum absolute atomic E-state index is 6.35. The summed E-state index contributed by atoms with van der Waals surface area (Å²) in [5.41, 5.74) is 10.4. The molecular formula is C44H29NO. The summed E-state index contributed by atoms with van der Waals surface area (Å²) >= 11 is 0. The molecule has 2 nitrogen and oxygen atoms in total. The third-order valence-electron chi connectivity index (χ3n) is 9.03. The fraction of sp³-hybridized carbons (Fsp3) is 0. The molecule has 0 saturated heterocycles. The van der Waals surface area contributed by atoms with Crippen LogP contribution in [0.2, 0.25) is 0 Å². The second kappa shape index (κ2) is 10.8. The second-order valence-corrected chi connectivity index (χ2v) is 11.7. The largest absolute Gasteiger partial charge is 0.456 e. The van der Waals surface area contributed by atoms with E-state index in [9.17, 15) is 0 Å². The van der Waals surface area contributed by atoms with Crippen molar-refractivity contribution in [2.24, 2.45) is 0 Å². The Hall–Kier alpha value is -6.12. The zero-order chi connectivity index (χ0) is 30.5. The number of nitrogens with zero attached hydrogens (tertiary/aromatic N) is 1. The first kappa shape index (κ1) is 26.3. The summed E-state index contributed by atoms with van der Waals surface area (Å²) in [7, 11) is 0. The molecule has 0 bridgehead atoms. The van der Waals surface area contributed by atoms with Gasteiger partial charge in [-0.3, -0.25) is 0 Å². The first-order valence-electron chi connectivity index (χ1n) is 15.7. The Morgan fingerprint density at radius 3 is 1.83 bits per heavy atom. The Bertz CT molecular complexity index is 2400. The van der Waals surface area contributed by atoms with Crippen molar-refractivity contribution in [2.45, 2.75) is 0 Å². The molecule has 2 heteroatoms. The zero-order valence-corrected chi connectivity index (χ0v) is 25.1. The highest BCUT2D eigenvalue weighted by atomic mass is 16.5. The van der Waals surface area contributed by atoms with Crippen molar-refractivity contribution in [3.05, 3.63) is 176 Å². The predicted octanol–water partition coefficient (Wildman–Crippen LogP) is 12.6. The smallest absolute Gasteiger partial charge is 0.135 e. The molecular weight excluding hydrogens is 558 g/mol. The molecule has 1 aliphatic rings. The molecule has 1 heterocycles. The molecule has 1 aliphatic heterocycles. The van der Waals surface area contributed by atoms with Crippen LogP contribution in [0, 0.1) is 0 Å². The molecule has 8 aromatic carbocycles. The van der Waals surface area contributed by atoms with Crippen molar-refractivity contribution in [3.63, 3.8) is 0 Å². The van der Waals surface area contributed by atoms with Gasteiger partial charge in [0.1, 0.15) is 11.5 Å². The van der Waals surface area contributed by atoms with Gasteiger partial charge in [-0.25, -0.2) is 0 Å². The standard InChI is InChI=1S/C44H29NO/c1-2-17-33(18-3-1)45(41-25-10-7-21-37(41)36-23-12-15-30-14-4-5-19-34(30)36)40-24-9-6-20-35(40)32-28-31-16-13-27-43-44(31)39(29-32)38-22-8-11-26-42(38)46-43/h1-29H. The van der Waals surface area contributed by atoms with Crippen LogP contribution in [0.15, 0.2) is 176 Å². The van der Waals surface area contributed by atoms with Crippen molar-refractivity contribution in [2.75, 3.05) is 4.90 Å². The van der Waals surface area contributed by atoms with E-state index in [-0.39, 0.29) is 0 Å². The maximum atomic E-state index is 6.35. The van der Waals surface area contributed by atoms with Crippen molar-refractivity contribution in [3.8, 4) is 44.9 Å². The fourth-order valence-electron chi connectivity index (χ4n) is 7.00. The summed E-state index contributed by atoms with van der Waals surface area (Å²) in [6.07, 6.45) is 0. The number of hydrogen-bond donors (Lipinski definition) is 0. The number of ether oxygens (including phenoxy) is 1. The zero-order valence-electron chi connectivity index (χ0n) is 25.1. The summed E-state index contributed by atoms with van der Waals surface area (Å²) < 4.78 is 6.35. The lowest BCUT2D eigenvalue weighted by Gasteiger charge is -2.30. The summed E-state index contributed by atoms with van der Waals surface area (Å²) in [4.78, 5) is 2.41. The lowest BCUT2D eigenvalue weighted by atomic mass is 9.90. The van der Waals surface area contributed by atoms with Crippen molar-refractivity contribution >= 4 is 38.6 Å². The number of benzene rings is 8. The van der Waals surface area contributed by atoms with Gasteiger partial charge in [0, 0.05) is 27.8 Å². The average Bonchev–Trinajstić information content (AvgIpc) is 3.12. The minimum Gasteiger partial charge on any atom is -0.456 e. The van der Waals surface area contributed by atoms with E-state index in [2.05, 4.69) is 175 Å². The van der Waals surface area contributed by atoms with Gasteiger partial charge in [0.15, 0.2) is 0 Å². The molecule has 0 unspecified atom stereocenters. The highest BCUT2D eigenvalue weighted by Crippen LogP contribution is 2.50. The normalized spacial score (nSPS) is 11.7. The summed E-state index contributed by atoms with van der Waals surface area (Å²) in [5.74, 6) is 1.80. The Morgan fingerprint density at radius 2 is 0.957 bits per heavy atom. The van der Waals surface area contributed by atoms with E-state index in [1.807, 2.05) is 6.07 Å². The molecule has 0 aliphatic carbocycles. The van der Waals surface area contributed by atoms with Crippen LogP contribution in [0.5, 0.6) is 11.5 Å². The van der Waals surface area contributed by atoms with E-state index in [0.29, 0.717) is 0 Å². The quantitative estimate of drug-likeness (QED) is 0.199. The highest BCUT2D eigenvalue weighted by Gasteiger charge is 2.24. The Balaban J connectivity index is 1.30. The molecule has 8 aromatic rings. The molecule has 46 heavy (non-hydrogen) atoms. The van der Waals surface area contributed by atoms with Gasteiger partial charge < -0.3 is 9.64 Å². The Kier molecular flexibility index (Phi) is 6.17. The average molecular weight is 588 g/mol. The topological polar surface area (TPSA) is 12.5 Å².